The van der Waals surface area contributed by atoms with Gasteiger partial charge in [0.05, 0.1) is 5.69 Å². The Morgan fingerprint density at radius 1 is 0.226 bits per heavy atom. The topological polar surface area (TPSA) is 3.24 Å². The van der Waals surface area contributed by atoms with E-state index < -0.39 is 0 Å². The second-order valence-electron chi connectivity index (χ2n) is 13.4. The quantitative estimate of drug-likeness (QED) is 0.155. The summed E-state index contributed by atoms with van der Waals surface area (Å²) in [6, 6.07) is 80.9. The summed E-state index contributed by atoms with van der Waals surface area (Å²) in [5.74, 6) is 0. The van der Waals surface area contributed by atoms with Crippen molar-refractivity contribution in [2.24, 2.45) is 0 Å². The maximum atomic E-state index is 2.40. The van der Waals surface area contributed by atoms with Crippen LogP contribution in [0.2, 0.25) is 0 Å². The average molecular weight is 676 g/mol. The van der Waals surface area contributed by atoms with E-state index in [0.717, 1.165) is 22.6 Å². The van der Waals surface area contributed by atoms with Gasteiger partial charge in [-0.25, -0.2) is 0 Å². The van der Waals surface area contributed by atoms with E-state index in [0.29, 0.717) is 0 Å². The van der Waals surface area contributed by atoms with Crippen LogP contribution in [-0.4, -0.2) is 0 Å². The van der Waals surface area contributed by atoms with Crippen molar-refractivity contribution in [2.45, 2.75) is 0 Å². The highest BCUT2D eigenvalue weighted by atomic mass is 15.1. The van der Waals surface area contributed by atoms with Crippen LogP contribution in [0, 0.1) is 0 Å². The third-order valence-corrected chi connectivity index (χ3v) is 10.1. The molecule has 0 aromatic heterocycles. The van der Waals surface area contributed by atoms with E-state index >= 15 is 0 Å². The maximum Gasteiger partial charge on any atom is 0.0540 e. The molecule has 53 heavy (non-hydrogen) atoms. The molecule has 0 heterocycles. The molecule has 250 valence electrons. The summed E-state index contributed by atoms with van der Waals surface area (Å²) in [5.41, 5.74) is 15.2. The van der Waals surface area contributed by atoms with Gasteiger partial charge in [0.2, 0.25) is 0 Å². The Morgan fingerprint density at radius 3 is 1.25 bits per heavy atom. The molecular weight excluding hydrogens is 639 g/mol. The molecule has 0 saturated heterocycles. The standard InChI is InChI=1S/C52H37N/c1-4-14-38(15-5-1)40-26-31-47(32-27-40)53(48-33-28-41(29-34-48)45-25-24-39-16-10-11-21-44(39)36-45)52-35-30-46(37-51(52)43-19-8-3-9-20-43)50-23-13-12-22-49(50)42-17-6-2-7-18-42/h1-37H. The molecule has 1 heteroatoms. The van der Waals surface area contributed by atoms with Crippen LogP contribution in [0.5, 0.6) is 0 Å². The second kappa shape index (κ2) is 14.3. The van der Waals surface area contributed by atoms with Gasteiger partial charge in [-0.15, -0.1) is 0 Å². The number of hydrogen-bond donors (Lipinski definition) is 0. The van der Waals surface area contributed by atoms with E-state index in [4.69, 9.17) is 0 Å². The SMILES string of the molecule is c1ccc(-c2ccc(N(c3ccc(-c4ccc5ccccc5c4)cc3)c3ccc(-c4ccccc4-c4ccccc4)cc3-c3ccccc3)cc2)cc1. The Labute approximate surface area is 311 Å². The molecule has 0 aliphatic rings. The Kier molecular flexibility index (Phi) is 8.66. The molecule has 0 radical (unpaired) electrons. The van der Waals surface area contributed by atoms with Gasteiger partial charge in [-0.2, -0.15) is 0 Å². The number of rotatable bonds is 8. The highest BCUT2D eigenvalue weighted by Gasteiger charge is 2.19. The Hall–Kier alpha value is -6.96. The fourth-order valence-electron chi connectivity index (χ4n) is 7.38. The highest BCUT2D eigenvalue weighted by molar-refractivity contribution is 5.94. The minimum Gasteiger partial charge on any atom is -0.310 e. The number of nitrogens with zero attached hydrogens (tertiary/aromatic N) is 1. The smallest absolute Gasteiger partial charge is 0.0540 e. The first kappa shape index (κ1) is 32.0. The predicted octanol–water partition coefficient (Wildman–Crippen LogP) is 14.6. The molecule has 0 spiro atoms. The van der Waals surface area contributed by atoms with Crippen molar-refractivity contribution in [3.63, 3.8) is 0 Å². The summed E-state index contributed by atoms with van der Waals surface area (Å²) >= 11 is 0. The van der Waals surface area contributed by atoms with Crippen molar-refractivity contribution in [3.05, 3.63) is 224 Å². The summed E-state index contributed by atoms with van der Waals surface area (Å²) in [4.78, 5) is 2.40. The lowest BCUT2D eigenvalue weighted by atomic mass is 9.91. The lowest BCUT2D eigenvalue weighted by Gasteiger charge is -2.29. The first-order chi connectivity index (χ1) is 26.3. The third-order valence-electron chi connectivity index (χ3n) is 10.1. The Balaban J connectivity index is 1.20. The van der Waals surface area contributed by atoms with Crippen molar-refractivity contribution in [3.8, 4) is 55.6 Å². The largest absolute Gasteiger partial charge is 0.310 e. The fourth-order valence-corrected chi connectivity index (χ4v) is 7.38. The van der Waals surface area contributed by atoms with Crippen molar-refractivity contribution >= 4 is 27.8 Å². The molecule has 1 nitrogen and oxygen atoms in total. The monoisotopic (exact) mass is 675 g/mol. The summed E-state index contributed by atoms with van der Waals surface area (Å²) in [6.45, 7) is 0. The van der Waals surface area contributed by atoms with Gasteiger partial charge in [-0.3, -0.25) is 0 Å². The zero-order valence-corrected chi connectivity index (χ0v) is 29.3. The second-order valence-corrected chi connectivity index (χ2v) is 13.4. The van der Waals surface area contributed by atoms with Crippen molar-refractivity contribution in [1.82, 2.24) is 0 Å². The first-order valence-electron chi connectivity index (χ1n) is 18.2. The van der Waals surface area contributed by atoms with E-state index in [1.54, 1.807) is 0 Å². The molecule has 9 aromatic rings. The zero-order valence-electron chi connectivity index (χ0n) is 29.3. The molecule has 0 atom stereocenters. The maximum absolute atomic E-state index is 2.40. The van der Waals surface area contributed by atoms with Gasteiger partial charge >= 0.3 is 0 Å². The predicted molar refractivity (Wildman–Crippen MR) is 226 cm³/mol. The Morgan fingerprint density at radius 2 is 0.642 bits per heavy atom. The van der Waals surface area contributed by atoms with Gasteiger partial charge in [0.1, 0.15) is 0 Å². The fraction of sp³-hybridized carbons (Fsp3) is 0. The van der Waals surface area contributed by atoms with Crippen LogP contribution in [0.3, 0.4) is 0 Å². The van der Waals surface area contributed by atoms with Gasteiger partial charge < -0.3 is 4.90 Å². The molecule has 0 unspecified atom stereocenters. The van der Waals surface area contributed by atoms with E-state index in [1.807, 2.05) is 0 Å². The van der Waals surface area contributed by atoms with Gasteiger partial charge in [0, 0.05) is 16.9 Å². The lowest BCUT2D eigenvalue weighted by molar-refractivity contribution is 1.28. The van der Waals surface area contributed by atoms with Crippen LogP contribution in [0.15, 0.2) is 224 Å². The van der Waals surface area contributed by atoms with E-state index in [2.05, 4.69) is 229 Å². The number of hydrogen-bond acceptors (Lipinski definition) is 1. The minimum atomic E-state index is 1.09. The first-order valence-corrected chi connectivity index (χ1v) is 18.2. The molecular formula is C52H37N. The molecule has 0 aliphatic carbocycles. The van der Waals surface area contributed by atoms with Gasteiger partial charge in [-0.05, 0) is 103 Å². The lowest BCUT2D eigenvalue weighted by Crippen LogP contribution is -2.11. The molecule has 0 bridgehead atoms. The van der Waals surface area contributed by atoms with Crippen LogP contribution in [-0.2, 0) is 0 Å². The van der Waals surface area contributed by atoms with Gasteiger partial charge in [-0.1, -0.05) is 182 Å². The van der Waals surface area contributed by atoms with Crippen molar-refractivity contribution in [1.29, 1.82) is 0 Å². The third kappa shape index (κ3) is 6.53. The number of benzene rings is 9. The van der Waals surface area contributed by atoms with Crippen molar-refractivity contribution in [2.75, 3.05) is 4.90 Å². The normalized spacial score (nSPS) is 11.0. The van der Waals surface area contributed by atoms with Crippen LogP contribution >= 0.6 is 0 Å². The summed E-state index contributed by atoms with van der Waals surface area (Å²) < 4.78 is 0. The van der Waals surface area contributed by atoms with E-state index in [-0.39, 0.29) is 0 Å². The van der Waals surface area contributed by atoms with Gasteiger partial charge in [0.25, 0.3) is 0 Å². The number of fused-ring (bicyclic) bond motifs is 1. The zero-order chi connectivity index (χ0) is 35.4. The highest BCUT2D eigenvalue weighted by Crippen LogP contribution is 2.44. The molecule has 0 N–H and O–H groups in total. The van der Waals surface area contributed by atoms with E-state index in [1.165, 1.54) is 60.8 Å². The summed E-state index contributed by atoms with van der Waals surface area (Å²) in [7, 11) is 0. The molecule has 0 amide bonds. The Bertz CT molecular complexity index is 2630. The minimum absolute atomic E-state index is 1.09. The molecule has 0 saturated carbocycles. The van der Waals surface area contributed by atoms with Crippen LogP contribution < -0.4 is 4.90 Å². The molecule has 9 aromatic carbocycles. The van der Waals surface area contributed by atoms with Crippen molar-refractivity contribution < 1.29 is 0 Å². The summed E-state index contributed by atoms with van der Waals surface area (Å²) in [5, 5.41) is 2.50. The summed E-state index contributed by atoms with van der Waals surface area (Å²) in [6.07, 6.45) is 0. The average Bonchev–Trinajstić information content (AvgIpc) is 3.25. The molecule has 0 aliphatic heterocycles. The number of anilines is 3. The van der Waals surface area contributed by atoms with Crippen LogP contribution in [0.1, 0.15) is 0 Å². The molecule has 0 fully saturated rings. The van der Waals surface area contributed by atoms with E-state index in [9.17, 15) is 0 Å². The van der Waals surface area contributed by atoms with Crippen LogP contribution in [0.25, 0.3) is 66.4 Å². The molecule has 9 rings (SSSR count). The van der Waals surface area contributed by atoms with Gasteiger partial charge in [0.15, 0.2) is 0 Å². The van der Waals surface area contributed by atoms with Crippen LogP contribution in [0.4, 0.5) is 17.1 Å².